The maximum absolute atomic E-state index is 11.0. The lowest BCUT2D eigenvalue weighted by molar-refractivity contribution is -0.127. The number of ketones is 1. The number of nitrogens with one attached hydrogen (secondary N) is 2. The second-order valence-electron chi connectivity index (χ2n) is 3.17. The zero-order valence-electron chi connectivity index (χ0n) is 8.17. The first-order valence-corrected chi connectivity index (χ1v) is 4.57. The molecular weight excluding hydrogens is 180 g/mol. The summed E-state index contributed by atoms with van der Waals surface area (Å²) in [4.78, 5) is 24.7. The third-order valence-electron chi connectivity index (χ3n) is 1.79. The third kappa shape index (κ3) is 3.89. The van der Waals surface area contributed by atoms with E-state index in [0.29, 0.717) is 6.54 Å². The van der Waals surface area contributed by atoms with Crippen LogP contribution in [0.5, 0.6) is 0 Å². The molecule has 0 saturated carbocycles. The predicted molar refractivity (Wildman–Crippen MR) is 52.8 cm³/mol. The maximum atomic E-state index is 11.0. The van der Waals surface area contributed by atoms with Crippen LogP contribution in [0.3, 0.4) is 0 Å². The highest BCUT2D eigenvalue weighted by molar-refractivity contribution is 5.96. The van der Waals surface area contributed by atoms with Gasteiger partial charge in [0, 0.05) is 24.9 Å². The Morgan fingerprint density at radius 2 is 2.29 bits per heavy atom. The lowest BCUT2D eigenvalue weighted by Gasteiger charge is -2.01. The molecule has 0 fully saturated rings. The summed E-state index contributed by atoms with van der Waals surface area (Å²) in [6.07, 6.45) is 2.58. The fourth-order valence-corrected chi connectivity index (χ4v) is 1.15. The van der Waals surface area contributed by atoms with Crippen molar-refractivity contribution in [1.29, 1.82) is 0 Å². The number of carbonyl (C=O) groups excluding carboxylic acids is 2. The van der Waals surface area contributed by atoms with Crippen LogP contribution in [0, 0.1) is 0 Å². The molecule has 0 aliphatic heterocycles. The van der Waals surface area contributed by atoms with E-state index in [4.69, 9.17) is 0 Å². The van der Waals surface area contributed by atoms with Gasteiger partial charge in [-0.3, -0.25) is 9.59 Å². The molecule has 76 valence electrons. The second-order valence-corrected chi connectivity index (χ2v) is 3.17. The van der Waals surface area contributed by atoms with Gasteiger partial charge in [-0.05, 0) is 19.1 Å². The lowest BCUT2D eigenvalue weighted by Crippen LogP contribution is -2.27. The smallest absolute Gasteiger partial charge is 0.227 e. The quantitative estimate of drug-likeness (QED) is 0.676. The zero-order chi connectivity index (χ0) is 10.4. The summed E-state index contributed by atoms with van der Waals surface area (Å²) in [5, 5.41) is 2.67. The molecule has 14 heavy (non-hydrogen) atoms. The van der Waals surface area contributed by atoms with Gasteiger partial charge in [-0.1, -0.05) is 0 Å². The van der Waals surface area contributed by atoms with Crippen LogP contribution in [0.1, 0.15) is 19.0 Å². The van der Waals surface area contributed by atoms with E-state index in [1.165, 1.54) is 6.92 Å². The van der Waals surface area contributed by atoms with Crippen molar-refractivity contribution in [1.82, 2.24) is 10.3 Å². The number of Topliss-reactive ketones (excluding diaryl/α,β-unsaturated/α-hetero) is 1. The van der Waals surface area contributed by atoms with E-state index in [0.717, 1.165) is 12.1 Å². The minimum absolute atomic E-state index is 0.0231. The summed E-state index contributed by atoms with van der Waals surface area (Å²) >= 11 is 0. The van der Waals surface area contributed by atoms with Crippen LogP contribution in [-0.2, 0) is 16.0 Å². The van der Waals surface area contributed by atoms with Gasteiger partial charge in [-0.25, -0.2) is 0 Å². The standard InChI is InChI=1S/C10H14N2O2/c1-8(13)7-10(14)12-6-4-9-3-2-5-11-9/h2-3,5,11H,4,6-7H2,1H3,(H,12,14). The van der Waals surface area contributed by atoms with Crippen LogP contribution < -0.4 is 5.32 Å². The first-order chi connectivity index (χ1) is 6.68. The van der Waals surface area contributed by atoms with Gasteiger partial charge in [0.2, 0.25) is 5.91 Å². The van der Waals surface area contributed by atoms with E-state index >= 15 is 0 Å². The van der Waals surface area contributed by atoms with Crippen LogP contribution in [0.25, 0.3) is 0 Å². The summed E-state index contributed by atoms with van der Waals surface area (Å²) in [6, 6.07) is 3.86. The highest BCUT2D eigenvalue weighted by atomic mass is 16.2. The van der Waals surface area contributed by atoms with E-state index in [1.807, 2.05) is 18.3 Å². The molecule has 0 aromatic carbocycles. The molecule has 1 aromatic rings. The Balaban J connectivity index is 2.15. The van der Waals surface area contributed by atoms with Gasteiger partial charge in [-0.15, -0.1) is 0 Å². The van der Waals surface area contributed by atoms with Crippen LogP contribution in [0.2, 0.25) is 0 Å². The molecule has 0 saturated heterocycles. The Bertz CT molecular complexity index is 304. The Morgan fingerprint density at radius 3 is 2.86 bits per heavy atom. The normalized spacial score (nSPS) is 9.79. The van der Waals surface area contributed by atoms with Gasteiger partial charge in [0.05, 0.1) is 6.42 Å². The number of rotatable bonds is 5. The second kappa shape index (κ2) is 5.21. The molecule has 0 spiro atoms. The average molecular weight is 194 g/mol. The first-order valence-electron chi connectivity index (χ1n) is 4.57. The Hall–Kier alpha value is -1.58. The van der Waals surface area contributed by atoms with E-state index < -0.39 is 0 Å². The summed E-state index contributed by atoms with van der Waals surface area (Å²) in [5.74, 6) is -0.313. The van der Waals surface area contributed by atoms with E-state index in [-0.39, 0.29) is 18.1 Å². The van der Waals surface area contributed by atoms with Crippen molar-refractivity contribution in [2.45, 2.75) is 19.8 Å². The fourth-order valence-electron chi connectivity index (χ4n) is 1.15. The van der Waals surface area contributed by atoms with Crippen molar-refractivity contribution in [3.8, 4) is 0 Å². The van der Waals surface area contributed by atoms with Crippen LogP contribution >= 0.6 is 0 Å². The Morgan fingerprint density at radius 1 is 1.50 bits per heavy atom. The third-order valence-corrected chi connectivity index (χ3v) is 1.79. The zero-order valence-corrected chi connectivity index (χ0v) is 8.17. The van der Waals surface area contributed by atoms with Crippen molar-refractivity contribution in [2.75, 3.05) is 6.54 Å². The monoisotopic (exact) mass is 194 g/mol. The van der Waals surface area contributed by atoms with Gasteiger partial charge in [0.1, 0.15) is 5.78 Å². The molecule has 0 bridgehead atoms. The van der Waals surface area contributed by atoms with Crippen molar-refractivity contribution in [3.05, 3.63) is 24.0 Å². The molecule has 0 aliphatic rings. The molecule has 1 aromatic heterocycles. The summed E-state index contributed by atoms with van der Waals surface area (Å²) in [6.45, 7) is 1.97. The molecule has 0 unspecified atom stereocenters. The number of aromatic amines is 1. The summed E-state index contributed by atoms with van der Waals surface area (Å²) in [7, 11) is 0. The molecule has 0 radical (unpaired) electrons. The number of hydrogen-bond donors (Lipinski definition) is 2. The van der Waals surface area contributed by atoms with Crippen LogP contribution in [0.15, 0.2) is 18.3 Å². The summed E-state index contributed by atoms with van der Waals surface area (Å²) < 4.78 is 0. The van der Waals surface area contributed by atoms with Crippen LogP contribution in [0.4, 0.5) is 0 Å². The molecular formula is C10H14N2O2. The minimum Gasteiger partial charge on any atom is -0.365 e. The number of aromatic nitrogens is 1. The van der Waals surface area contributed by atoms with Crippen molar-refractivity contribution in [2.24, 2.45) is 0 Å². The Kier molecular flexibility index (Phi) is 3.91. The van der Waals surface area contributed by atoms with Crippen LogP contribution in [-0.4, -0.2) is 23.2 Å². The molecule has 4 heteroatoms. The first kappa shape index (κ1) is 10.5. The molecule has 4 nitrogen and oxygen atoms in total. The Labute approximate surface area is 82.7 Å². The van der Waals surface area contributed by atoms with Crippen molar-refractivity contribution >= 4 is 11.7 Å². The van der Waals surface area contributed by atoms with Crippen molar-refractivity contribution in [3.63, 3.8) is 0 Å². The van der Waals surface area contributed by atoms with E-state index in [9.17, 15) is 9.59 Å². The number of hydrogen-bond acceptors (Lipinski definition) is 2. The van der Waals surface area contributed by atoms with E-state index in [1.54, 1.807) is 0 Å². The SMILES string of the molecule is CC(=O)CC(=O)NCCc1ccc[nH]1. The number of amides is 1. The van der Waals surface area contributed by atoms with Crippen molar-refractivity contribution < 1.29 is 9.59 Å². The molecule has 2 N–H and O–H groups in total. The predicted octanol–water partition coefficient (Wildman–Crippen LogP) is 0.652. The molecule has 0 atom stereocenters. The average Bonchev–Trinajstić information content (AvgIpc) is 2.55. The van der Waals surface area contributed by atoms with Gasteiger partial charge in [0.15, 0.2) is 0 Å². The molecule has 1 amide bonds. The molecule has 0 aliphatic carbocycles. The van der Waals surface area contributed by atoms with Gasteiger partial charge < -0.3 is 10.3 Å². The fraction of sp³-hybridized carbons (Fsp3) is 0.400. The lowest BCUT2D eigenvalue weighted by atomic mass is 10.3. The minimum atomic E-state index is -0.205. The number of carbonyl (C=O) groups is 2. The van der Waals surface area contributed by atoms with Gasteiger partial charge in [0.25, 0.3) is 0 Å². The maximum Gasteiger partial charge on any atom is 0.227 e. The topological polar surface area (TPSA) is 62.0 Å². The number of H-pyrrole nitrogens is 1. The van der Waals surface area contributed by atoms with E-state index in [2.05, 4.69) is 10.3 Å². The highest BCUT2D eigenvalue weighted by Crippen LogP contribution is 1.94. The van der Waals surface area contributed by atoms with Gasteiger partial charge >= 0.3 is 0 Å². The van der Waals surface area contributed by atoms with Gasteiger partial charge in [-0.2, -0.15) is 0 Å². The molecule has 1 heterocycles. The largest absolute Gasteiger partial charge is 0.365 e. The highest BCUT2D eigenvalue weighted by Gasteiger charge is 2.03. The summed E-state index contributed by atoms with van der Waals surface area (Å²) in [5.41, 5.74) is 1.08. The molecule has 1 rings (SSSR count).